The number of halogens is 1. The number of amides is 1. The molecule has 1 fully saturated rings. The van der Waals surface area contributed by atoms with Crippen LogP contribution in [-0.4, -0.2) is 27.7 Å². The predicted octanol–water partition coefficient (Wildman–Crippen LogP) is 3.27. The predicted molar refractivity (Wildman–Crippen MR) is 105 cm³/mol. The number of carbonyl (C=O) groups is 1. The van der Waals surface area contributed by atoms with Gasteiger partial charge in [0.05, 0.1) is 12.4 Å². The maximum atomic E-state index is 12.6. The van der Waals surface area contributed by atoms with Crippen LogP contribution in [0.25, 0.3) is 11.3 Å². The Labute approximate surface area is 163 Å². The third kappa shape index (κ3) is 4.20. The number of aryl methyl sites for hydroxylation is 1. The third-order valence-corrected chi connectivity index (χ3v) is 4.50. The number of likely N-dealkylation sites (N-methyl/N-ethyl adjacent to an activating group) is 1. The molecular weight excluding hydrogens is 366 g/mol. The Morgan fingerprint density at radius 3 is 2.59 bits per heavy atom. The lowest BCUT2D eigenvalue weighted by atomic mass is 10.1. The van der Waals surface area contributed by atoms with Crippen molar-refractivity contribution in [1.29, 1.82) is 0 Å². The van der Waals surface area contributed by atoms with Crippen LogP contribution in [0.15, 0.2) is 47.3 Å². The summed E-state index contributed by atoms with van der Waals surface area (Å²) in [6, 6.07) is 7.11. The van der Waals surface area contributed by atoms with Crippen LogP contribution in [0.4, 0.5) is 5.69 Å². The van der Waals surface area contributed by atoms with E-state index in [0.29, 0.717) is 5.92 Å². The van der Waals surface area contributed by atoms with E-state index >= 15 is 0 Å². The number of anilines is 1. The van der Waals surface area contributed by atoms with Crippen molar-refractivity contribution in [2.45, 2.75) is 24.8 Å². The van der Waals surface area contributed by atoms with Crippen molar-refractivity contribution in [3.05, 3.63) is 54.3 Å². The second-order valence-corrected chi connectivity index (χ2v) is 6.57. The van der Waals surface area contributed by atoms with Crippen LogP contribution in [0.1, 0.15) is 36.3 Å². The number of hydrogen-bond donors (Lipinski definition) is 2. The lowest BCUT2D eigenvalue weighted by Crippen LogP contribution is -2.30. The summed E-state index contributed by atoms with van der Waals surface area (Å²) in [5.74, 6) is 1.94. The van der Waals surface area contributed by atoms with Gasteiger partial charge in [0.1, 0.15) is 6.04 Å². The van der Waals surface area contributed by atoms with Crippen LogP contribution >= 0.6 is 12.4 Å². The molecule has 0 aliphatic heterocycles. The van der Waals surface area contributed by atoms with Gasteiger partial charge in [-0.15, -0.1) is 12.4 Å². The average molecular weight is 388 g/mol. The maximum Gasteiger partial charge on any atom is 0.246 e. The first kappa shape index (κ1) is 19.1. The Kier molecular flexibility index (Phi) is 5.62. The summed E-state index contributed by atoms with van der Waals surface area (Å²) in [5, 5.41) is 10.1. The number of benzene rings is 1. The van der Waals surface area contributed by atoms with Gasteiger partial charge >= 0.3 is 0 Å². The molecule has 1 aliphatic rings. The summed E-state index contributed by atoms with van der Waals surface area (Å²) in [6.07, 6.45) is 7.60. The van der Waals surface area contributed by atoms with Crippen LogP contribution in [0.5, 0.6) is 0 Å². The molecule has 0 saturated heterocycles. The molecule has 8 heteroatoms. The first-order valence-electron chi connectivity index (χ1n) is 8.67. The van der Waals surface area contributed by atoms with Gasteiger partial charge in [-0.3, -0.25) is 9.48 Å². The topological polar surface area (TPSA) is 85.0 Å². The van der Waals surface area contributed by atoms with Gasteiger partial charge in [-0.05, 0) is 44.2 Å². The Morgan fingerprint density at radius 2 is 2.00 bits per heavy atom. The molecule has 2 heterocycles. The van der Waals surface area contributed by atoms with Crippen molar-refractivity contribution >= 4 is 24.0 Å². The molecule has 0 radical (unpaired) electrons. The van der Waals surface area contributed by atoms with Crippen molar-refractivity contribution in [2.24, 2.45) is 7.05 Å². The average Bonchev–Trinajstić information content (AvgIpc) is 3.22. The van der Waals surface area contributed by atoms with Crippen molar-refractivity contribution in [3.8, 4) is 11.3 Å². The molecule has 1 unspecified atom stereocenters. The van der Waals surface area contributed by atoms with Crippen molar-refractivity contribution in [1.82, 2.24) is 20.1 Å². The molecule has 1 atom stereocenters. The van der Waals surface area contributed by atoms with Gasteiger partial charge in [0.25, 0.3) is 0 Å². The first-order chi connectivity index (χ1) is 12.6. The first-order valence-corrected chi connectivity index (χ1v) is 8.67. The quantitative estimate of drug-likeness (QED) is 0.678. The van der Waals surface area contributed by atoms with Gasteiger partial charge in [0, 0.05) is 36.0 Å². The SMILES string of the molecule is CNC(C(=O)Nc1ccc(-c2cnc(C3CC3)o2)cc1)c1cnn(C)c1.Cl. The van der Waals surface area contributed by atoms with Crippen LogP contribution in [0, 0.1) is 0 Å². The molecule has 1 aliphatic carbocycles. The number of hydrogen-bond acceptors (Lipinski definition) is 5. The van der Waals surface area contributed by atoms with E-state index in [-0.39, 0.29) is 18.3 Å². The highest BCUT2D eigenvalue weighted by molar-refractivity contribution is 5.95. The van der Waals surface area contributed by atoms with Crippen molar-refractivity contribution in [2.75, 3.05) is 12.4 Å². The van der Waals surface area contributed by atoms with E-state index < -0.39 is 6.04 Å². The van der Waals surface area contributed by atoms with Gasteiger partial charge in [0.15, 0.2) is 11.7 Å². The molecule has 1 amide bonds. The fourth-order valence-electron chi connectivity index (χ4n) is 2.91. The number of rotatable bonds is 6. The van der Waals surface area contributed by atoms with Gasteiger partial charge in [-0.1, -0.05) is 0 Å². The van der Waals surface area contributed by atoms with Crippen molar-refractivity contribution in [3.63, 3.8) is 0 Å². The second-order valence-electron chi connectivity index (χ2n) is 6.57. The molecule has 0 bridgehead atoms. The zero-order valence-corrected chi connectivity index (χ0v) is 16.0. The van der Waals surface area contributed by atoms with E-state index in [1.165, 1.54) is 0 Å². The Balaban J connectivity index is 0.00000210. The molecule has 2 aromatic heterocycles. The minimum atomic E-state index is -0.459. The van der Waals surface area contributed by atoms with Gasteiger partial charge in [-0.2, -0.15) is 5.10 Å². The molecule has 1 aromatic carbocycles. The van der Waals surface area contributed by atoms with Crippen LogP contribution in [0.2, 0.25) is 0 Å². The molecule has 142 valence electrons. The second kappa shape index (κ2) is 7.94. The van der Waals surface area contributed by atoms with Crippen LogP contribution < -0.4 is 10.6 Å². The summed E-state index contributed by atoms with van der Waals surface area (Å²) < 4.78 is 7.49. The number of nitrogens with zero attached hydrogens (tertiary/aromatic N) is 3. The zero-order chi connectivity index (χ0) is 18.1. The lowest BCUT2D eigenvalue weighted by Gasteiger charge is -2.14. The highest BCUT2D eigenvalue weighted by Crippen LogP contribution is 2.40. The minimum Gasteiger partial charge on any atom is -0.440 e. The Hall–Kier alpha value is -2.64. The summed E-state index contributed by atoms with van der Waals surface area (Å²) in [7, 11) is 3.58. The largest absolute Gasteiger partial charge is 0.440 e. The van der Waals surface area contributed by atoms with E-state index in [1.807, 2.05) is 37.5 Å². The van der Waals surface area contributed by atoms with E-state index in [0.717, 1.165) is 41.3 Å². The Bertz CT molecular complexity index is 914. The molecule has 7 nitrogen and oxygen atoms in total. The highest BCUT2D eigenvalue weighted by atomic mass is 35.5. The summed E-state index contributed by atoms with van der Waals surface area (Å²) in [5.41, 5.74) is 2.49. The third-order valence-electron chi connectivity index (χ3n) is 4.50. The summed E-state index contributed by atoms with van der Waals surface area (Å²) >= 11 is 0. The van der Waals surface area contributed by atoms with Gasteiger partial charge in [0.2, 0.25) is 5.91 Å². The van der Waals surface area contributed by atoms with E-state index in [4.69, 9.17) is 4.42 Å². The van der Waals surface area contributed by atoms with Crippen molar-refractivity contribution < 1.29 is 9.21 Å². The summed E-state index contributed by atoms with van der Waals surface area (Å²) in [4.78, 5) is 16.9. The number of oxazole rings is 1. The molecule has 2 N–H and O–H groups in total. The Morgan fingerprint density at radius 1 is 1.26 bits per heavy atom. The maximum absolute atomic E-state index is 12.6. The highest BCUT2D eigenvalue weighted by Gasteiger charge is 2.28. The normalized spacial score (nSPS) is 14.4. The zero-order valence-electron chi connectivity index (χ0n) is 15.2. The summed E-state index contributed by atoms with van der Waals surface area (Å²) in [6.45, 7) is 0. The van der Waals surface area contributed by atoms with Gasteiger partial charge in [-0.25, -0.2) is 4.98 Å². The minimum absolute atomic E-state index is 0. The number of carbonyl (C=O) groups excluding carboxylic acids is 1. The molecule has 1 saturated carbocycles. The number of nitrogens with one attached hydrogen (secondary N) is 2. The lowest BCUT2D eigenvalue weighted by molar-refractivity contribution is -0.118. The monoisotopic (exact) mass is 387 g/mol. The van der Waals surface area contributed by atoms with E-state index in [9.17, 15) is 4.79 Å². The number of aromatic nitrogens is 3. The fourth-order valence-corrected chi connectivity index (χ4v) is 2.91. The molecular formula is C19H22ClN5O2. The van der Waals surface area contributed by atoms with Crippen LogP contribution in [0.3, 0.4) is 0 Å². The van der Waals surface area contributed by atoms with Gasteiger partial charge < -0.3 is 15.1 Å². The molecule has 0 spiro atoms. The molecule has 4 rings (SSSR count). The molecule has 3 aromatic rings. The smallest absolute Gasteiger partial charge is 0.246 e. The molecule has 27 heavy (non-hydrogen) atoms. The fraction of sp³-hybridized carbons (Fsp3) is 0.316. The van der Waals surface area contributed by atoms with Crippen LogP contribution in [-0.2, 0) is 11.8 Å². The van der Waals surface area contributed by atoms with E-state index in [2.05, 4.69) is 20.7 Å². The van der Waals surface area contributed by atoms with E-state index in [1.54, 1.807) is 24.1 Å². The standard InChI is InChI=1S/C19H21N5O2.ClH/c1-20-17(14-9-22-24(2)11-14)18(25)23-15-7-5-12(6-8-15)16-10-21-19(26-16)13-3-4-13;/h5-11,13,17,20H,3-4H2,1-2H3,(H,23,25);1H.